The molecular weight excluding hydrogens is 266 g/mol. The Hall–Kier alpha value is -1.10. The summed E-state index contributed by atoms with van der Waals surface area (Å²) < 4.78 is 11.6. The number of hydrogen-bond donors (Lipinski definition) is 2. The number of aryl methyl sites for hydroxylation is 2. The normalized spacial score (nSPS) is 27.4. The first kappa shape index (κ1) is 16.3. The van der Waals surface area contributed by atoms with Crippen molar-refractivity contribution in [3.05, 3.63) is 29.3 Å². The highest BCUT2D eigenvalue weighted by Gasteiger charge is 2.27. The van der Waals surface area contributed by atoms with E-state index in [-0.39, 0.29) is 12.2 Å². The SMILES string of the molecule is Cc1cccc(C)c1OC[C@@H](O)C[NH+]1C[C@@H](C)O[C@H](C)C1. The Balaban J connectivity index is 1.83. The van der Waals surface area contributed by atoms with E-state index in [1.165, 1.54) is 4.90 Å². The lowest BCUT2D eigenvalue weighted by Gasteiger charge is -2.33. The fraction of sp³-hybridized carbons (Fsp3) is 0.647. The Bertz CT molecular complexity index is 433. The molecule has 118 valence electrons. The number of ether oxygens (including phenoxy) is 2. The molecule has 0 saturated carbocycles. The van der Waals surface area contributed by atoms with Crippen LogP contribution < -0.4 is 9.64 Å². The highest BCUT2D eigenvalue weighted by Crippen LogP contribution is 2.22. The van der Waals surface area contributed by atoms with Gasteiger partial charge < -0.3 is 19.5 Å². The smallest absolute Gasteiger partial charge is 0.137 e. The zero-order chi connectivity index (χ0) is 15.4. The van der Waals surface area contributed by atoms with Crippen molar-refractivity contribution in [2.45, 2.75) is 46.0 Å². The van der Waals surface area contributed by atoms with Crippen LogP contribution in [0.5, 0.6) is 5.75 Å². The molecule has 0 bridgehead atoms. The van der Waals surface area contributed by atoms with Gasteiger partial charge in [0.2, 0.25) is 0 Å². The van der Waals surface area contributed by atoms with Crippen molar-refractivity contribution in [1.29, 1.82) is 0 Å². The number of hydrogen-bond acceptors (Lipinski definition) is 3. The van der Waals surface area contributed by atoms with Crippen LogP contribution in [0.15, 0.2) is 18.2 Å². The van der Waals surface area contributed by atoms with E-state index in [1.54, 1.807) is 0 Å². The average molecular weight is 294 g/mol. The van der Waals surface area contributed by atoms with Gasteiger partial charge >= 0.3 is 0 Å². The lowest BCUT2D eigenvalue weighted by Crippen LogP contribution is -3.16. The van der Waals surface area contributed by atoms with Crippen LogP contribution in [0.3, 0.4) is 0 Å². The maximum Gasteiger partial charge on any atom is 0.137 e. The van der Waals surface area contributed by atoms with E-state index in [4.69, 9.17) is 9.47 Å². The van der Waals surface area contributed by atoms with Crippen LogP contribution in [0.2, 0.25) is 0 Å². The molecule has 21 heavy (non-hydrogen) atoms. The van der Waals surface area contributed by atoms with Crippen LogP contribution in [-0.2, 0) is 4.74 Å². The summed E-state index contributed by atoms with van der Waals surface area (Å²) in [5, 5.41) is 10.2. The van der Waals surface area contributed by atoms with Crippen LogP contribution >= 0.6 is 0 Å². The number of para-hydroxylation sites is 1. The minimum Gasteiger partial charge on any atom is -0.490 e. The minimum absolute atomic E-state index is 0.260. The van der Waals surface area contributed by atoms with Crippen LogP contribution in [0, 0.1) is 13.8 Å². The number of aliphatic hydroxyl groups excluding tert-OH is 1. The molecule has 3 atom stereocenters. The van der Waals surface area contributed by atoms with Gasteiger partial charge in [0.15, 0.2) is 0 Å². The third kappa shape index (κ3) is 4.70. The summed E-state index contributed by atoms with van der Waals surface area (Å²) in [5.74, 6) is 0.898. The van der Waals surface area contributed by atoms with Gasteiger partial charge in [0, 0.05) is 0 Å². The molecule has 1 heterocycles. The highest BCUT2D eigenvalue weighted by atomic mass is 16.5. The molecule has 0 unspecified atom stereocenters. The van der Waals surface area contributed by atoms with Crippen molar-refractivity contribution in [2.24, 2.45) is 0 Å². The Labute approximate surface area is 127 Å². The fourth-order valence-electron chi connectivity index (χ4n) is 3.15. The van der Waals surface area contributed by atoms with Gasteiger partial charge in [0.05, 0.1) is 0 Å². The molecular formula is C17H28NO3+. The predicted molar refractivity (Wildman–Crippen MR) is 83.0 cm³/mol. The Morgan fingerprint density at radius 1 is 1.24 bits per heavy atom. The van der Waals surface area contributed by atoms with Gasteiger partial charge in [-0.05, 0) is 38.8 Å². The first-order valence-electron chi connectivity index (χ1n) is 7.81. The third-order valence-electron chi connectivity index (χ3n) is 3.97. The van der Waals surface area contributed by atoms with E-state index in [0.29, 0.717) is 13.2 Å². The summed E-state index contributed by atoms with van der Waals surface area (Å²) >= 11 is 0. The van der Waals surface area contributed by atoms with Gasteiger partial charge in [0.1, 0.15) is 50.3 Å². The Morgan fingerprint density at radius 2 is 1.81 bits per heavy atom. The zero-order valence-electron chi connectivity index (χ0n) is 13.6. The monoisotopic (exact) mass is 294 g/mol. The van der Waals surface area contributed by atoms with Crippen molar-refractivity contribution < 1.29 is 19.5 Å². The number of morpholine rings is 1. The minimum atomic E-state index is -0.448. The first-order chi connectivity index (χ1) is 9.95. The van der Waals surface area contributed by atoms with Gasteiger partial charge in [-0.25, -0.2) is 0 Å². The second-order valence-corrected chi connectivity index (χ2v) is 6.31. The molecule has 1 fully saturated rings. The van der Waals surface area contributed by atoms with Crippen LogP contribution in [0.25, 0.3) is 0 Å². The van der Waals surface area contributed by atoms with E-state index in [1.807, 2.05) is 32.0 Å². The summed E-state index contributed by atoms with van der Waals surface area (Å²) in [6.07, 6.45) is 0.0717. The molecule has 2 N–H and O–H groups in total. The third-order valence-corrected chi connectivity index (χ3v) is 3.97. The first-order valence-corrected chi connectivity index (χ1v) is 7.81. The zero-order valence-corrected chi connectivity index (χ0v) is 13.6. The van der Waals surface area contributed by atoms with Gasteiger partial charge in [0.25, 0.3) is 0 Å². The maximum atomic E-state index is 10.2. The average Bonchev–Trinajstić information content (AvgIpc) is 2.36. The van der Waals surface area contributed by atoms with E-state index < -0.39 is 6.10 Å². The van der Waals surface area contributed by atoms with Gasteiger partial charge in [-0.2, -0.15) is 0 Å². The number of aliphatic hydroxyl groups is 1. The summed E-state index contributed by atoms with van der Waals surface area (Å²) in [6.45, 7) is 11.2. The van der Waals surface area contributed by atoms with Crippen molar-refractivity contribution in [3.63, 3.8) is 0 Å². The molecule has 0 aromatic heterocycles. The molecule has 1 aromatic carbocycles. The molecule has 1 saturated heterocycles. The topological polar surface area (TPSA) is 43.1 Å². The summed E-state index contributed by atoms with van der Waals surface area (Å²) in [7, 11) is 0. The molecule has 4 nitrogen and oxygen atoms in total. The molecule has 0 amide bonds. The Kier molecular flexibility index (Phi) is 5.62. The molecule has 0 spiro atoms. The molecule has 2 rings (SSSR count). The lowest BCUT2D eigenvalue weighted by molar-refractivity contribution is -0.918. The van der Waals surface area contributed by atoms with Crippen molar-refractivity contribution in [3.8, 4) is 5.75 Å². The Morgan fingerprint density at radius 3 is 2.38 bits per heavy atom. The van der Waals surface area contributed by atoms with Crippen LogP contribution in [0.4, 0.5) is 0 Å². The quantitative estimate of drug-likeness (QED) is 0.842. The molecule has 0 aliphatic carbocycles. The molecule has 4 heteroatoms. The lowest BCUT2D eigenvalue weighted by atomic mass is 10.1. The van der Waals surface area contributed by atoms with E-state index in [9.17, 15) is 5.11 Å². The second-order valence-electron chi connectivity index (χ2n) is 6.31. The van der Waals surface area contributed by atoms with Crippen LogP contribution in [-0.4, -0.2) is 49.7 Å². The van der Waals surface area contributed by atoms with Crippen molar-refractivity contribution in [1.82, 2.24) is 0 Å². The van der Waals surface area contributed by atoms with E-state index in [0.717, 1.165) is 30.0 Å². The maximum absolute atomic E-state index is 10.2. The number of rotatable bonds is 5. The second kappa shape index (κ2) is 7.25. The van der Waals surface area contributed by atoms with Gasteiger partial charge in [-0.15, -0.1) is 0 Å². The largest absolute Gasteiger partial charge is 0.490 e. The van der Waals surface area contributed by atoms with Crippen molar-refractivity contribution >= 4 is 0 Å². The van der Waals surface area contributed by atoms with Gasteiger partial charge in [-0.3, -0.25) is 0 Å². The van der Waals surface area contributed by atoms with Crippen LogP contribution in [0.1, 0.15) is 25.0 Å². The fourth-order valence-corrected chi connectivity index (χ4v) is 3.15. The summed E-state index contributed by atoms with van der Waals surface area (Å²) in [6, 6.07) is 6.09. The summed E-state index contributed by atoms with van der Waals surface area (Å²) in [5.41, 5.74) is 2.23. The molecule has 1 aliphatic rings. The molecule has 1 aromatic rings. The highest BCUT2D eigenvalue weighted by molar-refractivity contribution is 5.39. The van der Waals surface area contributed by atoms with E-state index in [2.05, 4.69) is 13.8 Å². The van der Waals surface area contributed by atoms with Crippen molar-refractivity contribution in [2.75, 3.05) is 26.2 Å². The molecule has 1 aliphatic heterocycles. The predicted octanol–water partition coefficient (Wildman–Crippen LogP) is 0.735. The number of benzene rings is 1. The summed E-state index contributed by atoms with van der Waals surface area (Å²) in [4.78, 5) is 1.39. The standard InChI is InChI=1S/C17H27NO3/c1-12-6-5-7-13(2)17(12)20-11-16(19)10-18-8-14(3)21-15(4)9-18/h5-7,14-16,19H,8-11H2,1-4H3/p+1/t14-,15-,16+/m1/s1. The molecule has 0 radical (unpaired) electrons. The number of quaternary nitrogens is 1. The van der Waals surface area contributed by atoms with E-state index >= 15 is 0 Å². The number of nitrogens with one attached hydrogen (secondary N) is 1. The van der Waals surface area contributed by atoms with Gasteiger partial charge in [-0.1, -0.05) is 18.2 Å².